The number of aromatic nitrogens is 1. The highest BCUT2D eigenvalue weighted by atomic mass is 32.1. The molecule has 0 unspecified atom stereocenters. The van der Waals surface area contributed by atoms with Crippen molar-refractivity contribution in [2.75, 3.05) is 0 Å². The molecule has 0 bridgehead atoms. The van der Waals surface area contributed by atoms with E-state index in [0.717, 1.165) is 23.5 Å². The van der Waals surface area contributed by atoms with E-state index in [1.54, 1.807) is 6.92 Å². The monoisotopic (exact) mass is 303 g/mol. The number of ketones is 1. The lowest BCUT2D eigenvalue weighted by molar-refractivity contribution is -0.137. The molecule has 0 aliphatic carbocycles. The lowest BCUT2D eigenvalue weighted by atomic mass is 10.1. The molecule has 0 aliphatic rings. The van der Waals surface area contributed by atoms with Gasteiger partial charge < -0.3 is 0 Å². The van der Waals surface area contributed by atoms with Crippen LogP contribution in [0.15, 0.2) is 18.2 Å². The smallest absolute Gasteiger partial charge is 0.294 e. The molecule has 0 saturated heterocycles. The van der Waals surface area contributed by atoms with Crippen LogP contribution in [0.5, 0.6) is 0 Å². The first-order valence-corrected chi connectivity index (χ1v) is 6.37. The minimum absolute atomic E-state index is 0.0556. The summed E-state index contributed by atoms with van der Waals surface area (Å²) in [7, 11) is 0. The number of Topliss-reactive ketones (excluding diaryl/α,β-unsaturated/α-hetero) is 1. The van der Waals surface area contributed by atoms with E-state index in [2.05, 4.69) is 4.98 Å². The summed E-state index contributed by atoms with van der Waals surface area (Å²) in [6.45, 7) is 2.87. The summed E-state index contributed by atoms with van der Waals surface area (Å²) < 4.78 is 51.8. The van der Waals surface area contributed by atoms with E-state index < -0.39 is 17.6 Å². The molecule has 2 nitrogen and oxygen atoms in total. The van der Waals surface area contributed by atoms with Crippen molar-refractivity contribution in [1.29, 1.82) is 0 Å². The highest BCUT2D eigenvalue weighted by Crippen LogP contribution is 2.39. The number of carbonyl (C=O) groups excluding carboxylic acids is 1. The van der Waals surface area contributed by atoms with Gasteiger partial charge in [0.05, 0.1) is 16.1 Å². The molecule has 106 valence electrons. The molecule has 0 atom stereocenters. The van der Waals surface area contributed by atoms with Gasteiger partial charge in [0.25, 0.3) is 0 Å². The number of hydrogen-bond acceptors (Lipinski definition) is 3. The van der Waals surface area contributed by atoms with Crippen LogP contribution in [0.4, 0.5) is 17.6 Å². The van der Waals surface area contributed by atoms with E-state index in [4.69, 9.17) is 0 Å². The van der Waals surface area contributed by atoms with E-state index in [-0.39, 0.29) is 16.4 Å². The first-order chi connectivity index (χ1) is 9.20. The van der Waals surface area contributed by atoms with Crippen molar-refractivity contribution >= 4 is 17.1 Å². The van der Waals surface area contributed by atoms with Gasteiger partial charge in [-0.3, -0.25) is 4.79 Å². The van der Waals surface area contributed by atoms with Crippen LogP contribution in [0.3, 0.4) is 0 Å². The van der Waals surface area contributed by atoms with E-state index in [1.807, 2.05) is 0 Å². The highest BCUT2D eigenvalue weighted by molar-refractivity contribution is 7.17. The lowest BCUT2D eigenvalue weighted by Gasteiger charge is -2.10. The summed E-state index contributed by atoms with van der Waals surface area (Å²) in [6, 6.07) is 2.40. The average Bonchev–Trinajstić information content (AvgIpc) is 2.70. The molecule has 0 aliphatic heterocycles. The topological polar surface area (TPSA) is 30.0 Å². The van der Waals surface area contributed by atoms with Gasteiger partial charge in [0.2, 0.25) is 0 Å². The zero-order chi connectivity index (χ0) is 15.1. The summed E-state index contributed by atoms with van der Waals surface area (Å²) in [6.07, 6.45) is -4.69. The number of rotatable bonds is 2. The van der Waals surface area contributed by atoms with E-state index >= 15 is 0 Å². The molecule has 1 aromatic heterocycles. The molecule has 2 rings (SSSR count). The van der Waals surface area contributed by atoms with Crippen LogP contribution in [0.25, 0.3) is 10.6 Å². The number of halogens is 4. The van der Waals surface area contributed by atoms with E-state index in [0.29, 0.717) is 16.6 Å². The summed E-state index contributed by atoms with van der Waals surface area (Å²) in [5.74, 6) is -1.23. The summed E-state index contributed by atoms with van der Waals surface area (Å²) in [5.41, 5.74) is -0.948. The van der Waals surface area contributed by atoms with Gasteiger partial charge in [0.1, 0.15) is 10.8 Å². The molecule has 7 heteroatoms. The predicted octanol–water partition coefficient (Wildman–Crippen LogP) is 4.48. The summed E-state index contributed by atoms with van der Waals surface area (Å²) in [5, 5.41) is 0.0556. The molecular formula is C13H9F4NOS. The molecule has 0 N–H and O–H groups in total. The van der Waals surface area contributed by atoms with Gasteiger partial charge in [-0.1, -0.05) is 0 Å². The molecule has 0 saturated carbocycles. The molecule has 0 radical (unpaired) electrons. The normalized spacial score (nSPS) is 11.7. The average molecular weight is 303 g/mol. The standard InChI is InChI=1S/C13H9F4NOS/c1-6-11(7(2)19)20-12(18-6)9-4-3-8(14)5-10(9)13(15,16)17/h3-5H,1-2H3. The van der Waals surface area contributed by atoms with Crippen LogP contribution in [0.2, 0.25) is 0 Å². The lowest BCUT2D eigenvalue weighted by Crippen LogP contribution is -2.07. The second kappa shape index (κ2) is 4.97. The van der Waals surface area contributed by atoms with Gasteiger partial charge in [-0.05, 0) is 25.1 Å². The van der Waals surface area contributed by atoms with Crippen molar-refractivity contribution in [3.05, 3.63) is 40.2 Å². The SMILES string of the molecule is CC(=O)c1sc(-c2ccc(F)cc2C(F)(F)F)nc1C. The van der Waals surface area contributed by atoms with Crippen molar-refractivity contribution in [2.24, 2.45) is 0 Å². The number of alkyl halides is 3. The van der Waals surface area contributed by atoms with Crippen LogP contribution in [0, 0.1) is 12.7 Å². The number of hydrogen-bond donors (Lipinski definition) is 0. The van der Waals surface area contributed by atoms with E-state index in [9.17, 15) is 22.4 Å². The Labute approximate surface area is 116 Å². The molecule has 20 heavy (non-hydrogen) atoms. The Balaban J connectivity index is 2.64. The number of thiazole rings is 1. The van der Waals surface area contributed by atoms with Gasteiger partial charge in [0.15, 0.2) is 5.78 Å². The minimum atomic E-state index is -4.69. The van der Waals surface area contributed by atoms with Gasteiger partial charge in [-0.15, -0.1) is 11.3 Å². The largest absolute Gasteiger partial charge is 0.417 e. The molecule has 0 spiro atoms. The Bertz CT molecular complexity index is 675. The van der Waals surface area contributed by atoms with Crippen molar-refractivity contribution < 1.29 is 22.4 Å². The van der Waals surface area contributed by atoms with Crippen LogP contribution >= 0.6 is 11.3 Å². The number of nitrogens with zero attached hydrogens (tertiary/aromatic N) is 1. The fraction of sp³-hybridized carbons (Fsp3) is 0.231. The molecule has 0 fully saturated rings. The van der Waals surface area contributed by atoms with Gasteiger partial charge in [0, 0.05) is 12.5 Å². The third kappa shape index (κ3) is 2.72. The van der Waals surface area contributed by atoms with Crippen molar-refractivity contribution in [3.8, 4) is 10.6 Å². The first kappa shape index (κ1) is 14.6. The van der Waals surface area contributed by atoms with Crippen LogP contribution in [-0.4, -0.2) is 10.8 Å². The zero-order valence-corrected chi connectivity index (χ0v) is 11.3. The Morgan fingerprint density at radius 3 is 2.45 bits per heavy atom. The van der Waals surface area contributed by atoms with Crippen molar-refractivity contribution in [2.45, 2.75) is 20.0 Å². The highest BCUT2D eigenvalue weighted by Gasteiger charge is 2.35. The summed E-state index contributed by atoms with van der Waals surface area (Å²) >= 11 is 0.874. The quantitative estimate of drug-likeness (QED) is 0.605. The number of carbonyl (C=O) groups is 1. The molecule has 1 aromatic carbocycles. The Morgan fingerprint density at radius 2 is 1.95 bits per heavy atom. The Kier molecular flexibility index (Phi) is 3.64. The number of aryl methyl sites for hydroxylation is 1. The van der Waals surface area contributed by atoms with Gasteiger partial charge in [-0.2, -0.15) is 13.2 Å². The van der Waals surface area contributed by atoms with Crippen LogP contribution in [-0.2, 0) is 6.18 Å². The second-order valence-corrected chi connectivity index (χ2v) is 5.18. The fourth-order valence-electron chi connectivity index (χ4n) is 1.78. The maximum atomic E-state index is 13.0. The molecule has 2 aromatic rings. The van der Waals surface area contributed by atoms with E-state index in [1.165, 1.54) is 6.92 Å². The maximum absolute atomic E-state index is 13.0. The Morgan fingerprint density at radius 1 is 1.30 bits per heavy atom. The predicted molar refractivity (Wildman–Crippen MR) is 67.3 cm³/mol. The second-order valence-electron chi connectivity index (χ2n) is 4.18. The van der Waals surface area contributed by atoms with Gasteiger partial charge in [-0.25, -0.2) is 9.37 Å². The van der Waals surface area contributed by atoms with Crippen LogP contribution in [0.1, 0.15) is 27.9 Å². The molecular weight excluding hydrogens is 294 g/mol. The number of benzene rings is 1. The fourth-order valence-corrected chi connectivity index (χ4v) is 2.78. The van der Waals surface area contributed by atoms with Gasteiger partial charge >= 0.3 is 6.18 Å². The molecule has 1 heterocycles. The minimum Gasteiger partial charge on any atom is -0.294 e. The molecule has 0 amide bonds. The zero-order valence-electron chi connectivity index (χ0n) is 10.5. The third-order valence-electron chi connectivity index (χ3n) is 2.63. The van der Waals surface area contributed by atoms with Crippen LogP contribution < -0.4 is 0 Å². The third-order valence-corrected chi connectivity index (χ3v) is 3.93. The maximum Gasteiger partial charge on any atom is 0.417 e. The summed E-state index contributed by atoms with van der Waals surface area (Å²) in [4.78, 5) is 15.6. The first-order valence-electron chi connectivity index (χ1n) is 5.55. The van der Waals surface area contributed by atoms with Crippen molar-refractivity contribution in [3.63, 3.8) is 0 Å². The van der Waals surface area contributed by atoms with Crippen molar-refractivity contribution in [1.82, 2.24) is 4.98 Å². The Hall–Kier alpha value is -1.76.